The van der Waals surface area contributed by atoms with E-state index in [1.807, 2.05) is 17.9 Å². The third kappa shape index (κ3) is 3.12. The van der Waals surface area contributed by atoms with Crippen molar-refractivity contribution in [2.45, 2.75) is 38.8 Å². The minimum Gasteiger partial charge on any atom is -0.313 e. The highest BCUT2D eigenvalue weighted by Crippen LogP contribution is 2.20. The fourth-order valence-electron chi connectivity index (χ4n) is 2.86. The van der Waals surface area contributed by atoms with Crippen molar-refractivity contribution < 1.29 is 0 Å². The lowest BCUT2D eigenvalue weighted by molar-refractivity contribution is 0.122. The first-order valence-corrected chi connectivity index (χ1v) is 6.98. The number of rotatable bonds is 4. The molecule has 2 rings (SSSR count). The van der Waals surface area contributed by atoms with E-state index in [0.29, 0.717) is 12.1 Å². The monoisotopic (exact) mass is 250 g/mol. The van der Waals surface area contributed by atoms with Gasteiger partial charge in [-0.05, 0) is 32.4 Å². The van der Waals surface area contributed by atoms with Gasteiger partial charge in [0.1, 0.15) is 0 Å². The second-order valence-corrected chi connectivity index (χ2v) is 5.76. The first kappa shape index (κ1) is 13.6. The molecule has 1 fully saturated rings. The zero-order valence-corrected chi connectivity index (χ0v) is 12.1. The fourth-order valence-corrected chi connectivity index (χ4v) is 2.86. The molecule has 4 heteroatoms. The highest BCUT2D eigenvalue weighted by Gasteiger charge is 2.28. The van der Waals surface area contributed by atoms with E-state index in [1.165, 1.54) is 18.7 Å². The molecule has 4 nitrogen and oxygen atoms in total. The van der Waals surface area contributed by atoms with Crippen molar-refractivity contribution in [2.75, 3.05) is 20.1 Å². The molecule has 18 heavy (non-hydrogen) atoms. The van der Waals surface area contributed by atoms with Crippen LogP contribution in [0.2, 0.25) is 0 Å². The summed E-state index contributed by atoms with van der Waals surface area (Å²) < 4.78 is 1.96. The Morgan fingerprint density at radius 3 is 2.83 bits per heavy atom. The number of likely N-dealkylation sites (tertiary alicyclic amines) is 1. The fraction of sp³-hybridized carbons (Fsp3) is 0.786. The van der Waals surface area contributed by atoms with E-state index in [1.54, 1.807) is 0 Å². The summed E-state index contributed by atoms with van der Waals surface area (Å²) in [4.78, 5) is 2.46. The Bertz CT molecular complexity index is 374. The van der Waals surface area contributed by atoms with Gasteiger partial charge in [-0.2, -0.15) is 5.10 Å². The molecule has 0 aliphatic carbocycles. The van der Waals surface area contributed by atoms with E-state index in [9.17, 15) is 0 Å². The van der Waals surface area contributed by atoms with Crippen molar-refractivity contribution in [1.82, 2.24) is 20.0 Å². The second kappa shape index (κ2) is 5.85. The molecule has 0 aromatic carbocycles. The van der Waals surface area contributed by atoms with Crippen molar-refractivity contribution in [2.24, 2.45) is 13.0 Å². The van der Waals surface area contributed by atoms with Gasteiger partial charge in [-0.15, -0.1) is 0 Å². The smallest absolute Gasteiger partial charge is 0.0492 e. The van der Waals surface area contributed by atoms with Gasteiger partial charge in [-0.3, -0.25) is 4.68 Å². The zero-order chi connectivity index (χ0) is 13.1. The third-order valence-corrected chi connectivity index (χ3v) is 4.32. The Morgan fingerprint density at radius 2 is 2.17 bits per heavy atom. The van der Waals surface area contributed by atoms with Gasteiger partial charge in [0, 0.05) is 50.5 Å². The number of piperidine rings is 1. The number of nitrogens with zero attached hydrogens (tertiary/aromatic N) is 3. The summed E-state index contributed by atoms with van der Waals surface area (Å²) in [5, 5.41) is 7.92. The molecule has 1 saturated heterocycles. The van der Waals surface area contributed by atoms with Crippen LogP contribution in [0.1, 0.15) is 26.0 Å². The van der Waals surface area contributed by atoms with Crippen LogP contribution in [0.15, 0.2) is 12.3 Å². The van der Waals surface area contributed by atoms with Crippen LogP contribution in [0.4, 0.5) is 0 Å². The Balaban J connectivity index is 1.78. The van der Waals surface area contributed by atoms with Crippen molar-refractivity contribution in [3.63, 3.8) is 0 Å². The van der Waals surface area contributed by atoms with E-state index in [2.05, 4.69) is 42.3 Å². The molecule has 0 radical (unpaired) electrons. The molecule has 2 heterocycles. The largest absolute Gasteiger partial charge is 0.313 e. The van der Waals surface area contributed by atoms with Gasteiger partial charge >= 0.3 is 0 Å². The van der Waals surface area contributed by atoms with Gasteiger partial charge in [0.05, 0.1) is 0 Å². The summed E-state index contributed by atoms with van der Waals surface area (Å²) >= 11 is 0. The van der Waals surface area contributed by atoms with E-state index in [4.69, 9.17) is 0 Å². The average molecular weight is 250 g/mol. The first-order valence-electron chi connectivity index (χ1n) is 6.98. The molecule has 3 atom stereocenters. The highest BCUT2D eigenvalue weighted by atomic mass is 15.3. The van der Waals surface area contributed by atoms with E-state index in [0.717, 1.165) is 18.9 Å². The predicted molar refractivity (Wildman–Crippen MR) is 74.6 cm³/mol. The molecule has 102 valence electrons. The van der Waals surface area contributed by atoms with Gasteiger partial charge in [0.25, 0.3) is 0 Å². The lowest BCUT2D eigenvalue weighted by Gasteiger charge is -2.40. The SMILES string of the molecule is CC1CN(C)C(C)CC1NCCc1ccnn1C. The number of nitrogens with one attached hydrogen (secondary N) is 1. The maximum atomic E-state index is 4.20. The summed E-state index contributed by atoms with van der Waals surface area (Å²) in [6.07, 6.45) is 4.18. The van der Waals surface area contributed by atoms with Crippen LogP contribution in [-0.2, 0) is 13.5 Å². The van der Waals surface area contributed by atoms with Crippen molar-refractivity contribution in [3.8, 4) is 0 Å². The van der Waals surface area contributed by atoms with Crippen molar-refractivity contribution in [1.29, 1.82) is 0 Å². The average Bonchev–Trinajstić information content (AvgIpc) is 2.72. The minimum atomic E-state index is 0.657. The van der Waals surface area contributed by atoms with Crippen LogP contribution in [-0.4, -0.2) is 46.9 Å². The summed E-state index contributed by atoms with van der Waals surface area (Å²) in [5.41, 5.74) is 1.30. The quantitative estimate of drug-likeness (QED) is 0.874. The topological polar surface area (TPSA) is 33.1 Å². The van der Waals surface area contributed by atoms with Crippen LogP contribution in [0, 0.1) is 5.92 Å². The maximum Gasteiger partial charge on any atom is 0.0492 e. The van der Waals surface area contributed by atoms with Gasteiger partial charge in [0.15, 0.2) is 0 Å². The van der Waals surface area contributed by atoms with Crippen LogP contribution in [0.5, 0.6) is 0 Å². The van der Waals surface area contributed by atoms with Gasteiger partial charge in [-0.25, -0.2) is 0 Å². The maximum absolute atomic E-state index is 4.20. The Hall–Kier alpha value is -0.870. The van der Waals surface area contributed by atoms with Gasteiger partial charge in [0.2, 0.25) is 0 Å². The summed E-state index contributed by atoms with van der Waals surface area (Å²) in [6, 6.07) is 3.45. The molecule has 1 N–H and O–H groups in total. The third-order valence-electron chi connectivity index (χ3n) is 4.32. The second-order valence-electron chi connectivity index (χ2n) is 5.76. The Kier molecular flexibility index (Phi) is 4.40. The standard InChI is InChI=1S/C14H26N4/c1-11-10-17(3)12(2)9-14(11)15-7-5-13-6-8-16-18(13)4/h6,8,11-12,14-15H,5,7,9-10H2,1-4H3. The summed E-state index contributed by atoms with van der Waals surface area (Å²) in [7, 11) is 4.24. The molecular weight excluding hydrogens is 224 g/mol. The Labute approximate surface area is 110 Å². The number of aromatic nitrogens is 2. The van der Waals surface area contributed by atoms with E-state index in [-0.39, 0.29) is 0 Å². The predicted octanol–water partition coefficient (Wildman–Crippen LogP) is 1.28. The molecule has 0 amide bonds. The van der Waals surface area contributed by atoms with Gasteiger partial charge in [-0.1, -0.05) is 6.92 Å². The highest BCUT2D eigenvalue weighted by molar-refractivity contribution is 5.00. The van der Waals surface area contributed by atoms with E-state index < -0.39 is 0 Å². The van der Waals surface area contributed by atoms with Crippen LogP contribution in [0.3, 0.4) is 0 Å². The number of aryl methyl sites for hydroxylation is 1. The normalized spacial score (nSPS) is 29.7. The number of hydrogen-bond acceptors (Lipinski definition) is 3. The lowest BCUT2D eigenvalue weighted by atomic mass is 9.90. The molecule has 1 aliphatic heterocycles. The summed E-state index contributed by atoms with van der Waals surface area (Å²) in [5.74, 6) is 0.734. The molecular formula is C14H26N4. The van der Waals surface area contributed by atoms with Crippen LogP contribution in [0.25, 0.3) is 0 Å². The summed E-state index contributed by atoms with van der Waals surface area (Å²) in [6.45, 7) is 6.92. The minimum absolute atomic E-state index is 0.657. The van der Waals surface area contributed by atoms with Crippen molar-refractivity contribution in [3.05, 3.63) is 18.0 Å². The molecule has 0 spiro atoms. The lowest BCUT2D eigenvalue weighted by Crippen LogP contribution is -2.51. The van der Waals surface area contributed by atoms with Crippen LogP contribution >= 0.6 is 0 Å². The molecule has 1 aromatic heterocycles. The first-order chi connectivity index (χ1) is 8.58. The molecule has 3 unspecified atom stereocenters. The molecule has 0 bridgehead atoms. The number of hydrogen-bond donors (Lipinski definition) is 1. The molecule has 1 aliphatic rings. The zero-order valence-electron chi connectivity index (χ0n) is 12.1. The van der Waals surface area contributed by atoms with E-state index >= 15 is 0 Å². The van der Waals surface area contributed by atoms with Crippen LogP contribution < -0.4 is 5.32 Å². The van der Waals surface area contributed by atoms with Crippen molar-refractivity contribution >= 4 is 0 Å². The molecule has 0 saturated carbocycles. The molecule has 1 aromatic rings. The van der Waals surface area contributed by atoms with Gasteiger partial charge < -0.3 is 10.2 Å². The Morgan fingerprint density at radius 1 is 1.39 bits per heavy atom.